The maximum absolute atomic E-state index is 12.9. The molecule has 0 unspecified atom stereocenters. The van der Waals surface area contributed by atoms with E-state index in [1.54, 1.807) is 4.57 Å². The quantitative estimate of drug-likeness (QED) is 0.479. The summed E-state index contributed by atoms with van der Waals surface area (Å²) >= 11 is 2.85. The molecular weight excluding hydrogens is 390 g/mol. The first-order valence-corrected chi connectivity index (χ1v) is 11.0. The summed E-state index contributed by atoms with van der Waals surface area (Å²) in [5, 5.41) is 3.89. The van der Waals surface area contributed by atoms with Gasteiger partial charge in [0.15, 0.2) is 5.16 Å². The highest BCUT2D eigenvalue weighted by atomic mass is 32.2. The number of amides is 1. The monoisotopic (exact) mass is 415 g/mol. The number of benzene rings is 1. The van der Waals surface area contributed by atoms with Crippen LogP contribution in [0.2, 0.25) is 0 Å². The number of rotatable bonds is 5. The molecule has 0 radical (unpaired) electrons. The molecule has 0 saturated heterocycles. The number of nitrogens with one attached hydrogen (secondary N) is 1. The fourth-order valence-corrected chi connectivity index (χ4v) is 5.12. The third kappa shape index (κ3) is 3.86. The molecule has 0 fully saturated rings. The van der Waals surface area contributed by atoms with Crippen molar-refractivity contribution in [3.05, 3.63) is 50.1 Å². The van der Waals surface area contributed by atoms with Crippen LogP contribution in [0.1, 0.15) is 35.4 Å². The number of aromatic nitrogens is 2. The number of thiophene rings is 1. The van der Waals surface area contributed by atoms with E-state index >= 15 is 0 Å². The Labute approximate surface area is 173 Å². The predicted molar refractivity (Wildman–Crippen MR) is 119 cm³/mol. The SMILES string of the molecule is CCn1c(S[C@@H](C)C(=O)Nc2ccc(C)cc2C)nc2sc(C)c(C)c2c1=O. The molecule has 0 spiro atoms. The summed E-state index contributed by atoms with van der Waals surface area (Å²) < 4.78 is 1.66. The zero-order valence-electron chi connectivity index (χ0n) is 17.0. The van der Waals surface area contributed by atoms with Gasteiger partial charge in [-0.25, -0.2) is 4.98 Å². The Bertz CT molecular complexity index is 1120. The van der Waals surface area contributed by atoms with Crippen molar-refractivity contribution in [1.82, 2.24) is 9.55 Å². The third-order valence-electron chi connectivity index (χ3n) is 4.86. The molecule has 1 atom stereocenters. The molecule has 28 heavy (non-hydrogen) atoms. The molecule has 0 aliphatic heterocycles. The van der Waals surface area contributed by atoms with Crippen molar-refractivity contribution >= 4 is 44.9 Å². The average molecular weight is 416 g/mol. The lowest BCUT2D eigenvalue weighted by atomic mass is 10.1. The van der Waals surface area contributed by atoms with Crippen LogP contribution >= 0.6 is 23.1 Å². The largest absolute Gasteiger partial charge is 0.325 e. The predicted octanol–water partition coefficient (Wildman–Crippen LogP) is 4.83. The van der Waals surface area contributed by atoms with Crippen molar-refractivity contribution in [2.75, 3.05) is 5.32 Å². The van der Waals surface area contributed by atoms with Crippen molar-refractivity contribution < 1.29 is 4.79 Å². The highest BCUT2D eigenvalue weighted by molar-refractivity contribution is 8.00. The van der Waals surface area contributed by atoms with Gasteiger partial charge in [0.1, 0.15) is 4.83 Å². The van der Waals surface area contributed by atoms with E-state index in [4.69, 9.17) is 4.98 Å². The second-order valence-electron chi connectivity index (χ2n) is 6.97. The van der Waals surface area contributed by atoms with E-state index in [9.17, 15) is 9.59 Å². The van der Waals surface area contributed by atoms with Gasteiger partial charge >= 0.3 is 0 Å². The molecule has 1 N–H and O–H groups in total. The Balaban J connectivity index is 1.88. The van der Waals surface area contributed by atoms with Crippen molar-refractivity contribution in [3.63, 3.8) is 0 Å². The van der Waals surface area contributed by atoms with Crippen LogP contribution in [0.5, 0.6) is 0 Å². The van der Waals surface area contributed by atoms with Crippen LogP contribution in [0, 0.1) is 27.7 Å². The van der Waals surface area contributed by atoms with Crippen LogP contribution < -0.4 is 10.9 Å². The Hall–Kier alpha value is -2.12. The van der Waals surface area contributed by atoms with Crippen molar-refractivity contribution in [2.45, 2.75) is 58.5 Å². The number of hydrogen-bond donors (Lipinski definition) is 1. The highest BCUT2D eigenvalue weighted by Gasteiger charge is 2.21. The molecule has 7 heteroatoms. The molecule has 2 heterocycles. The molecule has 3 rings (SSSR count). The molecule has 1 amide bonds. The molecule has 0 aliphatic carbocycles. The first-order valence-electron chi connectivity index (χ1n) is 9.28. The van der Waals surface area contributed by atoms with E-state index in [1.165, 1.54) is 23.1 Å². The van der Waals surface area contributed by atoms with Gasteiger partial charge in [-0.05, 0) is 58.7 Å². The van der Waals surface area contributed by atoms with Gasteiger partial charge in [-0.2, -0.15) is 0 Å². The van der Waals surface area contributed by atoms with Crippen LogP contribution in [0.15, 0.2) is 28.2 Å². The first-order chi connectivity index (χ1) is 13.2. The zero-order chi connectivity index (χ0) is 20.6. The van der Waals surface area contributed by atoms with E-state index in [2.05, 4.69) is 5.32 Å². The molecule has 0 bridgehead atoms. The first kappa shape index (κ1) is 20.6. The number of fused-ring (bicyclic) bond motifs is 1. The summed E-state index contributed by atoms with van der Waals surface area (Å²) in [4.78, 5) is 32.2. The van der Waals surface area contributed by atoms with E-state index in [-0.39, 0.29) is 16.7 Å². The van der Waals surface area contributed by atoms with Crippen molar-refractivity contribution in [3.8, 4) is 0 Å². The van der Waals surface area contributed by atoms with Crippen LogP contribution in [-0.2, 0) is 11.3 Å². The number of carbonyl (C=O) groups excluding carboxylic acids is 1. The fraction of sp³-hybridized carbons (Fsp3) is 0.381. The normalized spacial score (nSPS) is 12.4. The minimum absolute atomic E-state index is 0.0289. The zero-order valence-corrected chi connectivity index (χ0v) is 18.7. The standard InChI is InChI=1S/C21H25N3O2S2/c1-7-24-20(26)17-13(4)14(5)27-19(17)23-21(24)28-15(6)18(25)22-16-9-8-11(2)10-12(16)3/h8-10,15H,7H2,1-6H3,(H,22,25)/t15-/m0/s1. The van der Waals surface area contributed by atoms with Crippen LogP contribution in [0.3, 0.4) is 0 Å². The molecule has 0 aliphatic rings. The molecule has 0 saturated carbocycles. The van der Waals surface area contributed by atoms with E-state index in [0.29, 0.717) is 17.1 Å². The molecule has 2 aromatic heterocycles. The Kier molecular flexibility index (Phi) is 5.95. The maximum atomic E-state index is 12.9. The van der Waals surface area contributed by atoms with E-state index in [0.717, 1.165) is 32.1 Å². The number of hydrogen-bond acceptors (Lipinski definition) is 5. The Morgan fingerprint density at radius 2 is 2.00 bits per heavy atom. The lowest BCUT2D eigenvalue weighted by Gasteiger charge is -2.16. The summed E-state index contributed by atoms with van der Waals surface area (Å²) in [6, 6.07) is 5.94. The Morgan fingerprint density at radius 3 is 2.64 bits per heavy atom. The Morgan fingerprint density at radius 1 is 1.29 bits per heavy atom. The lowest BCUT2D eigenvalue weighted by molar-refractivity contribution is -0.115. The minimum atomic E-state index is -0.384. The van der Waals surface area contributed by atoms with E-state index in [1.807, 2.05) is 59.7 Å². The minimum Gasteiger partial charge on any atom is -0.325 e. The van der Waals surface area contributed by atoms with Crippen molar-refractivity contribution in [1.29, 1.82) is 0 Å². The molecular formula is C21H25N3O2S2. The second-order valence-corrected chi connectivity index (χ2v) is 9.49. The molecule has 148 valence electrons. The molecule has 1 aromatic carbocycles. The summed E-state index contributed by atoms with van der Waals surface area (Å²) in [7, 11) is 0. The number of carbonyl (C=O) groups is 1. The number of nitrogens with zero attached hydrogens (tertiary/aromatic N) is 2. The fourth-order valence-electron chi connectivity index (χ4n) is 3.08. The highest BCUT2D eigenvalue weighted by Crippen LogP contribution is 2.30. The lowest BCUT2D eigenvalue weighted by Crippen LogP contribution is -2.26. The van der Waals surface area contributed by atoms with Gasteiger partial charge in [0, 0.05) is 17.1 Å². The van der Waals surface area contributed by atoms with E-state index < -0.39 is 0 Å². The van der Waals surface area contributed by atoms with Gasteiger partial charge in [0.25, 0.3) is 5.56 Å². The maximum Gasteiger partial charge on any atom is 0.263 e. The van der Waals surface area contributed by atoms with Gasteiger partial charge in [-0.15, -0.1) is 11.3 Å². The summed E-state index contributed by atoms with van der Waals surface area (Å²) in [6.07, 6.45) is 0. The van der Waals surface area contributed by atoms with Crippen molar-refractivity contribution in [2.24, 2.45) is 0 Å². The van der Waals surface area contributed by atoms with Crippen LogP contribution in [0.25, 0.3) is 10.2 Å². The molecule has 3 aromatic rings. The number of aryl methyl sites for hydroxylation is 4. The molecule has 5 nitrogen and oxygen atoms in total. The van der Waals surface area contributed by atoms with Gasteiger partial charge in [-0.3, -0.25) is 14.2 Å². The number of thioether (sulfide) groups is 1. The smallest absolute Gasteiger partial charge is 0.263 e. The summed E-state index contributed by atoms with van der Waals surface area (Å²) in [5.74, 6) is -0.104. The summed E-state index contributed by atoms with van der Waals surface area (Å²) in [5.41, 5.74) is 3.96. The third-order valence-corrected chi connectivity index (χ3v) is 7.05. The van der Waals surface area contributed by atoms with Crippen LogP contribution in [-0.4, -0.2) is 20.7 Å². The second kappa shape index (κ2) is 8.09. The topological polar surface area (TPSA) is 64.0 Å². The van der Waals surface area contributed by atoms with Gasteiger partial charge in [0.05, 0.1) is 10.6 Å². The van der Waals surface area contributed by atoms with Crippen LogP contribution in [0.4, 0.5) is 5.69 Å². The summed E-state index contributed by atoms with van der Waals surface area (Å²) in [6.45, 7) is 12.2. The number of anilines is 1. The average Bonchev–Trinajstić information content (AvgIpc) is 2.91. The van der Waals surface area contributed by atoms with Gasteiger partial charge < -0.3 is 5.32 Å². The van der Waals surface area contributed by atoms with Gasteiger partial charge in [0.2, 0.25) is 5.91 Å². The van der Waals surface area contributed by atoms with Gasteiger partial charge in [-0.1, -0.05) is 29.5 Å².